The number of thioether (sulfide) groups is 1. The van der Waals surface area contributed by atoms with E-state index in [1.807, 2.05) is 6.92 Å². The molecule has 0 radical (unpaired) electrons. The van der Waals surface area contributed by atoms with Gasteiger partial charge < -0.3 is 0 Å². The smallest absolute Gasteiger partial charge is 0.267 e. The summed E-state index contributed by atoms with van der Waals surface area (Å²) in [6.07, 6.45) is 2.08. The van der Waals surface area contributed by atoms with Gasteiger partial charge in [0.15, 0.2) is 5.16 Å². The van der Waals surface area contributed by atoms with Crippen LogP contribution in [0.15, 0.2) is 34.2 Å². The average molecular weight is 279 g/mol. The Balaban J connectivity index is 1.81. The van der Waals surface area contributed by atoms with E-state index in [0.717, 1.165) is 18.4 Å². The lowest BCUT2D eigenvalue weighted by Gasteiger charge is -2.11. The molecule has 0 bridgehead atoms. The molecule has 1 aliphatic rings. The van der Waals surface area contributed by atoms with E-state index in [4.69, 9.17) is 0 Å². The highest BCUT2D eigenvalue weighted by atomic mass is 32.2. The van der Waals surface area contributed by atoms with Gasteiger partial charge in [-0.25, -0.2) is 14.3 Å². The Labute approximate surface area is 114 Å². The molecule has 4 nitrogen and oxygen atoms in total. The average Bonchev–Trinajstić information content (AvgIpc) is 3.16. The highest BCUT2D eigenvalue weighted by Crippen LogP contribution is 2.39. The number of aromatic nitrogens is 3. The first kappa shape index (κ1) is 12.5. The summed E-state index contributed by atoms with van der Waals surface area (Å²) in [5.41, 5.74) is 0.875. The number of halogens is 1. The van der Waals surface area contributed by atoms with Crippen molar-refractivity contribution < 1.29 is 4.39 Å². The molecule has 19 heavy (non-hydrogen) atoms. The Morgan fingerprint density at radius 3 is 2.74 bits per heavy atom. The van der Waals surface area contributed by atoms with Crippen LogP contribution < -0.4 is 5.69 Å². The van der Waals surface area contributed by atoms with Crippen LogP contribution in [0.5, 0.6) is 0 Å². The van der Waals surface area contributed by atoms with Crippen LogP contribution in [0.2, 0.25) is 0 Å². The third kappa shape index (κ3) is 2.58. The fourth-order valence-electron chi connectivity index (χ4n) is 1.99. The predicted molar refractivity (Wildman–Crippen MR) is 71.8 cm³/mol. The maximum Gasteiger partial charge on any atom is 0.344 e. The number of benzene rings is 1. The summed E-state index contributed by atoms with van der Waals surface area (Å²) in [6.45, 7) is 2.02. The Hall–Kier alpha value is -1.56. The van der Waals surface area contributed by atoms with Crippen molar-refractivity contribution in [1.29, 1.82) is 0 Å². The van der Waals surface area contributed by atoms with Crippen molar-refractivity contribution in [2.24, 2.45) is 0 Å². The van der Waals surface area contributed by atoms with E-state index < -0.39 is 0 Å². The molecule has 0 spiro atoms. The SMILES string of the molecule is CC(Sc1n[nH]c(=O)n1C1CC1)c1ccc(F)cc1. The van der Waals surface area contributed by atoms with Crippen LogP contribution in [0.4, 0.5) is 4.39 Å². The molecule has 1 fully saturated rings. The second kappa shape index (κ2) is 4.85. The highest BCUT2D eigenvalue weighted by molar-refractivity contribution is 7.99. The summed E-state index contributed by atoms with van der Waals surface area (Å²) in [5.74, 6) is -0.240. The number of hydrogen-bond acceptors (Lipinski definition) is 3. The molecule has 1 aliphatic carbocycles. The molecule has 6 heteroatoms. The molecule has 1 atom stereocenters. The van der Waals surface area contributed by atoms with Crippen LogP contribution in [0, 0.1) is 5.82 Å². The molecule has 0 saturated heterocycles. The molecule has 2 aromatic rings. The summed E-state index contributed by atoms with van der Waals surface area (Å²) in [6, 6.07) is 6.73. The molecular formula is C13H14FN3OS. The number of nitrogens with zero attached hydrogens (tertiary/aromatic N) is 2. The first-order valence-electron chi connectivity index (χ1n) is 6.24. The Morgan fingerprint density at radius 2 is 2.11 bits per heavy atom. The first-order valence-corrected chi connectivity index (χ1v) is 7.12. The van der Waals surface area contributed by atoms with E-state index in [1.54, 1.807) is 16.7 Å². The van der Waals surface area contributed by atoms with Gasteiger partial charge in [-0.2, -0.15) is 0 Å². The van der Waals surface area contributed by atoms with Crippen LogP contribution in [0.25, 0.3) is 0 Å². The van der Waals surface area contributed by atoms with Crippen molar-refractivity contribution in [2.75, 3.05) is 0 Å². The normalized spacial score (nSPS) is 16.5. The van der Waals surface area contributed by atoms with Crippen LogP contribution in [-0.2, 0) is 0 Å². The van der Waals surface area contributed by atoms with Gasteiger partial charge in [0.2, 0.25) is 0 Å². The van der Waals surface area contributed by atoms with Crippen LogP contribution >= 0.6 is 11.8 Å². The fourth-order valence-corrected chi connectivity index (χ4v) is 3.04. The molecule has 1 heterocycles. The minimum Gasteiger partial charge on any atom is -0.267 e. The fraction of sp³-hybridized carbons (Fsp3) is 0.385. The van der Waals surface area contributed by atoms with Crippen molar-refractivity contribution in [2.45, 2.75) is 36.2 Å². The molecule has 0 amide bonds. The highest BCUT2D eigenvalue weighted by Gasteiger charge is 2.29. The van der Waals surface area contributed by atoms with Gasteiger partial charge in [0.05, 0.1) is 0 Å². The summed E-state index contributed by atoms with van der Waals surface area (Å²) in [7, 11) is 0. The molecule has 100 valence electrons. The maximum absolute atomic E-state index is 12.9. The van der Waals surface area contributed by atoms with E-state index >= 15 is 0 Å². The van der Waals surface area contributed by atoms with E-state index in [1.165, 1.54) is 23.9 Å². The van der Waals surface area contributed by atoms with E-state index in [2.05, 4.69) is 10.2 Å². The van der Waals surface area contributed by atoms with Crippen LogP contribution in [0.1, 0.15) is 36.6 Å². The maximum atomic E-state index is 12.9. The molecule has 0 aliphatic heterocycles. The number of H-pyrrole nitrogens is 1. The molecule has 1 unspecified atom stereocenters. The lowest BCUT2D eigenvalue weighted by atomic mass is 10.2. The first-order chi connectivity index (χ1) is 9.15. The van der Waals surface area contributed by atoms with Crippen molar-refractivity contribution >= 4 is 11.8 Å². The van der Waals surface area contributed by atoms with Gasteiger partial charge in [-0.15, -0.1) is 5.10 Å². The second-order valence-electron chi connectivity index (χ2n) is 4.72. The zero-order valence-corrected chi connectivity index (χ0v) is 11.3. The topological polar surface area (TPSA) is 50.7 Å². The van der Waals surface area contributed by atoms with Gasteiger partial charge >= 0.3 is 5.69 Å². The van der Waals surface area contributed by atoms with E-state index in [9.17, 15) is 9.18 Å². The van der Waals surface area contributed by atoms with Crippen LogP contribution in [0.3, 0.4) is 0 Å². The van der Waals surface area contributed by atoms with E-state index in [-0.39, 0.29) is 16.8 Å². The molecule has 1 aromatic carbocycles. The number of hydrogen-bond donors (Lipinski definition) is 1. The van der Waals surface area contributed by atoms with Crippen molar-refractivity contribution in [1.82, 2.24) is 14.8 Å². The minimum atomic E-state index is -0.240. The minimum absolute atomic E-state index is 0.119. The number of aromatic amines is 1. The molecule has 1 aromatic heterocycles. The monoisotopic (exact) mass is 279 g/mol. The van der Waals surface area contributed by atoms with Crippen molar-refractivity contribution in [3.63, 3.8) is 0 Å². The standard InChI is InChI=1S/C13H14FN3OS/c1-8(9-2-4-10(14)5-3-9)19-13-16-15-12(18)17(13)11-6-7-11/h2-5,8,11H,6-7H2,1H3,(H,15,18). The van der Waals surface area contributed by atoms with Crippen molar-refractivity contribution in [3.05, 3.63) is 46.1 Å². The lowest BCUT2D eigenvalue weighted by molar-refractivity contribution is 0.627. The third-order valence-electron chi connectivity index (χ3n) is 3.21. The lowest BCUT2D eigenvalue weighted by Crippen LogP contribution is -2.16. The summed E-state index contributed by atoms with van der Waals surface area (Å²) < 4.78 is 14.6. The Bertz CT molecular complexity index is 630. The van der Waals surface area contributed by atoms with Crippen molar-refractivity contribution in [3.8, 4) is 0 Å². The predicted octanol–water partition coefficient (Wildman–Crippen LogP) is 2.90. The zero-order valence-electron chi connectivity index (χ0n) is 10.5. The second-order valence-corrected chi connectivity index (χ2v) is 6.03. The Morgan fingerprint density at radius 1 is 1.42 bits per heavy atom. The van der Waals surface area contributed by atoms with Gasteiger partial charge in [-0.05, 0) is 37.5 Å². The van der Waals surface area contributed by atoms with E-state index in [0.29, 0.717) is 11.2 Å². The van der Waals surface area contributed by atoms with Gasteiger partial charge in [0.25, 0.3) is 0 Å². The van der Waals surface area contributed by atoms with Crippen LogP contribution in [-0.4, -0.2) is 14.8 Å². The van der Waals surface area contributed by atoms with Gasteiger partial charge in [0, 0.05) is 11.3 Å². The summed E-state index contributed by atoms with van der Waals surface area (Å²) >= 11 is 1.52. The molecule has 1 saturated carbocycles. The zero-order chi connectivity index (χ0) is 13.4. The quantitative estimate of drug-likeness (QED) is 0.875. The molecular weight excluding hydrogens is 265 g/mol. The van der Waals surface area contributed by atoms with Gasteiger partial charge in [-0.1, -0.05) is 23.9 Å². The summed E-state index contributed by atoms with van der Waals surface area (Å²) in [5, 5.41) is 7.41. The van der Waals surface area contributed by atoms with Gasteiger partial charge in [0.1, 0.15) is 5.82 Å². The molecule has 1 N–H and O–H groups in total. The molecule has 3 rings (SSSR count). The number of nitrogens with one attached hydrogen (secondary N) is 1. The summed E-state index contributed by atoms with van der Waals surface area (Å²) in [4.78, 5) is 11.7. The number of rotatable bonds is 4. The third-order valence-corrected chi connectivity index (χ3v) is 4.33. The van der Waals surface area contributed by atoms with Gasteiger partial charge in [-0.3, -0.25) is 4.57 Å². The Kier molecular flexibility index (Phi) is 3.18. The largest absolute Gasteiger partial charge is 0.344 e.